The molecule has 1 aromatic carbocycles. The fourth-order valence-corrected chi connectivity index (χ4v) is 2.41. The third-order valence-corrected chi connectivity index (χ3v) is 3.46. The van der Waals surface area contributed by atoms with E-state index >= 15 is 0 Å². The van der Waals surface area contributed by atoms with Gasteiger partial charge in [0.05, 0.1) is 6.54 Å². The number of nitrogens with zero attached hydrogens (tertiary/aromatic N) is 2. The molecule has 1 amide bonds. The molecule has 2 N–H and O–H groups in total. The van der Waals surface area contributed by atoms with E-state index in [-0.39, 0.29) is 11.2 Å². The van der Waals surface area contributed by atoms with Crippen LogP contribution in [-0.4, -0.2) is 20.8 Å². The predicted octanol–water partition coefficient (Wildman–Crippen LogP) is 2.66. The summed E-state index contributed by atoms with van der Waals surface area (Å²) in [6, 6.07) is 9.55. The number of rotatable bonds is 4. The molecule has 0 atom stereocenters. The molecule has 0 fully saturated rings. The summed E-state index contributed by atoms with van der Waals surface area (Å²) in [6.07, 6.45) is 1.79. The van der Waals surface area contributed by atoms with E-state index in [1.54, 1.807) is 38.5 Å². The van der Waals surface area contributed by atoms with Crippen LogP contribution < -0.4 is 17.0 Å². The van der Waals surface area contributed by atoms with Crippen LogP contribution in [0.4, 0.5) is 4.79 Å². The minimum Gasteiger partial charge on any atom is -0.444 e. The predicted molar refractivity (Wildman–Crippen MR) is 106 cm³/mol. The maximum atomic E-state index is 12.3. The molecule has 2 aromatic rings. The highest BCUT2D eigenvalue weighted by Crippen LogP contribution is 2.04. The van der Waals surface area contributed by atoms with Crippen molar-refractivity contribution in [2.24, 2.45) is 5.73 Å². The molecule has 0 radical (unpaired) electrons. The molecule has 27 heavy (non-hydrogen) atoms. The van der Waals surface area contributed by atoms with E-state index < -0.39 is 11.7 Å². The molecule has 0 aliphatic carbocycles. The molecule has 7 nitrogen and oxygen atoms in total. The molecule has 2 rings (SSSR count). The molecule has 1 aromatic heterocycles. The Morgan fingerprint density at radius 1 is 1.15 bits per heavy atom. The molecule has 0 aliphatic rings. The second-order valence-electron chi connectivity index (χ2n) is 7.20. The van der Waals surface area contributed by atoms with Crippen molar-refractivity contribution < 1.29 is 9.53 Å². The zero-order valence-corrected chi connectivity index (χ0v) is 16.7. The van der Waals surface area contributed by atoms with Gasteiger partial charge in [0.15, 0.2) is 0 Å². The molecule has 148 valence electrons. The second kappa shape index (κ2) is 9.75. The van der Waals surface area contributed by atoms with Crippen molar-refractivity contribution in [1.29, 1.82) is 0 Å². The zero-order valence-electron chi connectivity index (χ0n) is 16.7. The maximum absolute atomic E-state index is 12.3. The topological polar surface area (TPSA) is 96.3 Å². The first kappa shape index (κ1) is 22.2. The number of aryl methyl sites for hydroxylation is 2. The first-order valence-electron chi connectivity index (χ1n) is 8.88. The van der Waals surface area contributed by atoms with Crippen LogP contribution in [0.15, 0.2) is 46.1 Å². The number of benzene rings is 1. The van der Waals surface area contributed by atoms with Gasteiger partial charge in [0.25, 0.3) is 5.56 Å². The van der Waals surface area contributed by atoms with Crippen molar-refractivity contribution in [3.05, 3.63) is 68.5 Å². The minimum absolute atomic E-state index is 0.207. The van der Waals surface area contributed by atoms with Crippen molar-refractivity contribution in [1.82, 2.24) is 9.13 Å². The number of carbonyl (C=O) groups excluding carboxylic acids is 1. The van der Waals surface area contributed by atoms with Crippen LogP contribution >= 0.6 is 0 Å². The van der Waals surface area contributed by atoms with Gasteiger partial charge < -0.3 is 15.0 Å². The molecule has 0 aliphatic heterocycles. The van der Waals surface area contributed by atoms with Gasteiger partial charge in [-0.3, -0.25) is 9.36 Å². The van der Waals surface area contributed by atoms with Crippen LogP contribution in [0.2, 0.25) is 0 Å². The van der Waals surface area contributed by atoms with E-state index in [4.69, 9.17) is 5.73 Å². The van der Waals surface area contributed by atoms with Gasteiger partial charge in [-0.2, -0.15) is 0 Å². The van der Waals surface area contributed by atoms with Crippen molar-refractivity contribution >= 4 is 6.09 Å². The maximum Gasteiger partial charge on any atom is 0.405 e. The number of primary amides is 1. The summed E-state index contributed by atoms with van der Waals surface area (Å²) in [7, 11) is 0. The highest BCUT2D eigenvalue weighted by molar-refractivity contribution is 5.65. The summed E-state index contributed by atoms with van der Waals surface area (Å²) in [4.78, 5) is 34.4. The standard InChI is InChI=1S/C15H18N2O2.C5H11NO2/c1-3-9-16-10-12(2)14(18)17(15(16)19)11-13-7-5-4-6-8-13;1-5(2,3)8-4(6)7/h4-8,10H,3,9,11H2,1-2H3;1-3H3,(H2,6,7). The zero-order chi connectivity index (χ0) is 20.6. The number of hydrogen-bond donors (Lipinski definition) is 1. The minimum atomic E-state index is -0.725. The van der Waals surface area contributed by atoms with Crippen LogP contribution in [-0.2, 0) is 17.8 Å². The summed E-state index contributed by atoms with van der Waals surface area (Å²) >= 11 is 0. The van der Waals surface area contributed by atoms with Gasteiger partial charge in [0.1, 0.15) is 5.60 Å². The Morgan fingerprint density at radius 3 is 2.19 bits per heavy atom. The lowest BCUT2D eigenvalue weighted by Gasteiger charge is -2.16. The SMILES string of the molecule is CC(C)(C)OC(N)=O.CCCn1cc(C)c(=O)n(Cc2ccccc2)c1=O. The Balaban J connectivity index is 0.000000387. The summed E-state index contributed by atoms with van der Waals surface area (Å²) in [5.41, 5.74) is 5.38. The number of carbonyl (C=O) groups is 1. The highest BCUT2D eigenvalue weighted by atomic mass is 16.6. The Kier molecular flexibility index (Phi) is 8.02. The number of ether oxygens (including phenoxy) is 1. The van der Waals surface area contributed by atoms with Crippen LogP contribution in [0.25, 0.3) is 0 Å². The van der Waals surface area contributed by atoms with Gasteiger partial charge in [-0.15, -0.1) is 0 Å². The van der Waals surface area contributed by atoms with Gasteiger partial charge in [-0.25, -0.2) is 9.59 Å². The fourth-order valence-electron chi connectivity index (χ4n) is 2.41. The van der Waals surface area contributed by atoms with Crippen LogP contribution in [0.1, 0.15) is 45.2 Å². The fraction of sp³-hybridized carbons (Fsp3) is 0.450. The molecular formula is C20H29N3O4. The molecule has 0 saturated heterocycles. The van der Waals surface area contributed by atoms with Gasteiger partial charge in [0, 0.05) is 18.3 Å². The Labute approximate surface area is 159 Å². The molecule has 0 spiro atoms. The van der Waals surface area contributed by atoms with Gasteiger partial charge in [0.2, 0.25) is 0 Å². The number of hydrogen-bond acceptors (Lipinski definition) is 4. The monoisotopic (exact) mass is 375 g/mol. The van der Waals surface area contributed by atoms with Crippen LogP contribution in [0.5, 0.6) is 0 Å². The quantitative estimate of drug-likeness (QED) is 0.888. The Bertz CT molecular complexity index is 862. The summed E-state index contributed by atoms with van der Waals surface area (Å²) in [6.45, 7) is 10.00. The second-order valence-corrected chi connectivity index (χ2v) is 7.20. The van der Waals surface area contributed by atoms with E-state index in [0.29, 0.717) is 18.7 Å². The first-order chi connectivity index (χ1) is 12.5. The van der Waals surface area contributed by atoms with Crippen molar-refractivity contribution in [3.63, 3.8) is 0 Å². The summed E-state index contributed by atoms with van der Waals surface area (Å²) < 4.78 is 7.49. The van der Waals surface area contributed by atoms with E-state index in [2.05, 4.69) is 4.74 Å². The highest BCUT2D eigenvalue weighted by Gasteiger charge is 2.12. The number of nitrogens with two attached hydrogens (primary N) is 1. The average molecular weight is 375 g/mol. The third-order valence-electron chi connectivity index (χ3n) is 3.46. The van der Waals surface area contributed by atoms with E-state index in [1.165, 1.54) is 4.57 Å². The lowest BCUT2D eigenvalue weighted by atomic mass is 10.2. The van der Waals surface area contributed by atoms with E-state index in [1.807, 2.05) is 37.3 Å². The van der Waals surface area contributed by atoms with Crippen LogP contribution in [0.3, 0.4) is 0 Å². The average Bonchev–Trinajstić information content (AvgIpc) is 2.56. The Hall–Kier alpha value is -2.83. The van der Waals surface area contributed by atoms with Gasteiger partial charge in [-0.1, -0.05) is 37.3 Å². The third kappa shape index (κ3) is 7.52. The molecular weight excluding hydrogens is 346 g/mol. The van der Waals surface area contributed by atoms with Gasteiger partial charge in [-0.05, 0) is 39.7 Å². The first-order valence-corrected chi connectivity index (χ1v) is 8.88. The van der Waals surface area contributed by atoms with Crippen molar-refractivity contribution in [3.8, 4) is 0 Å². The molecule has 0 bridgehead atoms. The lowest BCUT2D eigenvalue weighted by Crippen LogP contribution is -2.40. The van der Waals surface area contributed by atoms with E-state index in [9.17, 15) is 14.4 Å². The Morgan fingerprint density at radius 2 is 1.74 bits per heavy atom. The van der Waals surface area contributed by atoms with Crippen LogP contribution in [0, 0.1) is 6.92 Å². The molecule has 0 unspecified atom stereocenters. The molecule has 0 saturated carbocycles. The molecule has 1 heterocycles. The normalized spacial score (nSPS) is 10.7. The summed E-state index contributed by atoms with van der Waals surface area (Å²) in [5, 5.41) is 0. The number of aromatic nitrogens is 2. The smallest absolute Gasteiger partial charge is 0.405 e. The summed E-state index contributed by atoms with van der Waals surface area (Å²) in [5.74, 6) is 0. The lowest BCUT2D eigenvalue weighted by molar-refractivity contribution is 0.0600. The molecule has 7 heteroatoms. The number of amides is 1. The largest absolute Gasteiger partial charge is 0.444 e. The van der Waals surface area contributed by atoms with Gasteiger partial charge >= 0.3 is 11.8 Å². The van der Waals surface area contributed by atoms with Crippen molar-refractivity contribution in [2.75, 3.05) is 0 Å². The van der Waals surface area contributed by atoms with Crippen molar-refractivity contribution in [2.45, 2.75) is 59.7 Å². The van der Waals surface area contributed by atoms with E-state index in [0.717, 1.165) is 12.0 Å².